The summed E-state index contributed by atoms with van der Waals surface area (Å²) in [6, 6.07) is 5.72. The van der Waals surface area contributed by atoms with Crippen molar-refractivity contribution >= 4 is 42.6 Å². The van der Waals surface area contributed by atoms with Crippen LogP contribution < -0.4 is 0 Å². The van der Waals surface area contributed by atoms with E-state index in [0.29, 0.717) is 10.0 Å². The topological polar surface area (TPSA) is 81.2 Å². The van der Waals surface area contributed by atoms with Gasteiger partial charge in [-0.2, -0.15) is 0 Å². The van der Waals surface area contributed by atoms with Crippen LogP contribution in [0.1, 0.15) is 56.9 Å². The van der Waals surface area contributed by atoms with Gasteiger partial charge in [0.1, 0.15) is 0 Å². The molecule has 0 saturated heterocycles. The number of nitrogens with zero attached hydrogens (tertiary/aromatic N) is 1. The summed E-state index contributed by atoms with van der Waals surface area (Å²) in [5.41, 5.74) is 0. The fourth-order valence-corrected chi connectivity index (χ4v) is 9.11. The molecule has 1 aliphatic carbocycles. The molecule has 1 aromatic heterocycles. The van der Waals surface area contributed by atoms with Gasteiger partial charge in [-0.25, -0.2) is 21.8 Å². The first-order valence-corrected chi connectivity index (χ1v) is 13.7. The quantitative estimate of drug-likeness (QED) is 0.597. The number of halogens is 1. The van der Waals surface area contributed by atoms with Gasteiger partial charge in [-0.3, -0.25) is 0 Å². The van der Waals surface area contributed by atoms with Gasteiger partial charge in [0, 0.05) is 10.9 Å². The summed E-state index contributed by atoms with van der Waals surface area (Å²) in [6.07, 6.45) is 5.08. The minimum Gasteiger partial charge on any atom is -0.228 e. The highest BCUT2D eigenvalue weighted by Crippen LogP contribution is 2.40. The Morgan fingerprint density at radius 3 is 2.25 bits per heavy atom. The minimum absolute atomic E-state index is 0.00149. The van der Waals surface area contributed by atoms with Crippen molar-refractivity contribution < 1.29 is 16.8 Å². The highest BCUT2D eigenvalue weighted by atomic mass is 35.5. The standard InChI is InChI=1S/C19H24ClNO4S3/c1-13(2)12-27(22,23)19-18(21-17(26-19)14-6-4-3-5-7-14)28(24,25)16-10-8-15(20)9-11-16/h8-11,13-14H,3-7,12H2,1-2H3. The molecule has 3 rings (SSSR count). The maximum atomic E-state index is 13.2. The normalized spacial score (nSPS) is 16.6. The van der Waals surface area contributed by atoms with Crippen LogP contribution in [0, 0.1) is 5.92 Å². The van der Waals surface area contributed by atoms with E-state index in [0.717, 1.165) is 43.4 Å². The van der Waals surface area contributed by atoms with Crippen LogP contribution in [0.2, 0.25) is 5.02 Å². The lowest BCUT2D eigenvalue weighted by Gasteiger charge is -2.18. The van der Waals surface area contributed by atoms with Crippen molar-refractivity contribution in [2.45, 2.75) is 66.0 Å². The van der Waals surface area contributed by atoms with Crippen LogP contribution in [-0.2, 0) is 19.7 Å². The number of sulfone groups is 2. The molecule has 0 spiro atoms. The smallest absolute Gasteiger partial charge is 0.226 e. The van der Waals surface area contributed by atoms with E-state index in [4.69, 9.17) is 11.6 Å². The summed E-state index contributed by atoms with van der Waals surface area (Å²) in [7, 11) is -7.82. The van der Waals surface area contributed by atoms with E-state index in [1.807, 2.05) is 0 Å². The zero-order chi connectivity index (χ0) is 20.5. The maximum Gasteiger partial charge on any atom is 0.226 e. The first-order chi connectivity index (χ1) is 13.1. The Bertz CT molecular complexity index is 1040. The van der Waals surface area contributed by atoms with Crippen molar-refractivity contribution in [2.75, 3.05) is 5.75 Å². The van der Waals surface area contributed by atoms with Gasteiger partial charge in [0.05, 0.1) is 15.7 Å². The van der Waals surface area contributed by atoms with E-state index in [2.05, 4.69) is 4.98 Å². The SMILES string of the molecule is CC(C)CS(=O)(=O)c1sc(C2CCCCC2)nc1S(=O)(=O)c1ccc(Cl)cc1. The van der Waals surface area contributed by atoms with Gasteiger partial charge < -0.3 is 0 Å². The zero-order valence-corrected chi connectivity index (χ0v) is 19.1. The van der Waals surface area contributed by atoms with E-state index >= 15 is 0 Å². The second-order valence-corrected chi connectivity index (χ2v) is 13.2. The second-order valence-electron chi connectivity index (χ2n) is 7.61. The second kappa shape index (κ2) is 8.42. The maximum absolute atomic E-state index is 13.2. The Morgan fingerprint density at radius 2 is 1.68 bits per heavy atom. The molecule has 1 aromatic carbocycles. The van der Waals surface area contributed by atoms with Gasteiger partial charge in [0.2, 0.25) is 9.84 Å². The minimum atomic E-state index is -4.06. The summed E-state index contributed by atoms with van der Waals surface area (Å²) in [4.78, 5) is 4.39. The van der Waals surface area contributed by atoms with Crippen molar-refractivity contribution in [1.29, 1.82) is 0 Å². The molecule has 9 heteroatoms. The highest BCUT2D eigenvalue weighted by Gasteiger charge is 2.35. The molecule has 0 unspecified atom stereocenters. The van der Waals surface area contributed by atoms with Crippen molar-refractivity contribution in [3.8, 4) is 0 Å². The molecule has 1 heterocycles. The van der Waals surface area contributed by atoms with Crippen LogP contribution in [0.3, 0.4) is 0 Å². The van der Waals surface area contributed by atoms with E-state index in [-0.39, 0.29) is 31.7 Å². The van der Waals surface area contributed by atoms with Gasteiger partial charge in [-0.1, -0.05) is 44.7 Å². The van der Waals surface area contributed by atoms with Crippen LogP contribution in [0.4, 0.5) is 0 Å². The van der Waals surface area contributed by atoms with Crippen LogP contribution in [0.25, 0.3) is 0 Å². The molecule has 1 fully saturated rings. The Kier molecular flexibility index (Phi) is 6.54. The average molecular weight is 462 g/mol. The van der Waals surface area contributed by atoms with Gasteiger partial charge in [-0.05, 0) is 43.0 Å². The van der Waals surface area contributed by atoms with Crippen LogP contribution >= 0.6 is 22.9 Å². The summed E-state index contributed by atoms with van der Waals surface area (Å²) in [5.74, 6) is -0.0974. The molecule has 1 aliphatic rings. The molecule has 0 bridgehead atoms. The molecule has 0 radical (unpaired) electrons. The third kappa shape index (κ3) is 4.61. The Hall–Kier alpha value is -0.960. The monoisotopic (exact) mass is 461 g/mol. The molecule has 2 aromatic rings. The number of hydrogen-bond donors (Lipinski definition) is 0. The fourth-order valence-electron chi connectivity index (χ4n) is 3.44. The Labute approximate surface area is 176 Å². The first kappa shape index (κ1) is 21.7. The molecule has 154 valence electrons. The average Bonchev–Trinajstić information content (AvgIpc) is 3.09. The van der Waals surface area contributed by atoms with E-state index in [9.17, 15) is 16.8 Å². The van der Waals surface area contributed by atoms with Crippen molar-refractivity contribution in [2.24, 2.45) is 5.92 Å². The van der Waals surface area contributed by atoms with Gasteiger partial charge in [0.25, 0.3) is 0 Å². The zero-order valence-electron chi connectivity index (χ0n) is 15.9. The predicted octanol–water partition coefficient (Wildman–Crippen LogP) is 5.11. The molecule has 1 saturated carbocycles. The molecular weight excluding hydrogens is 438 g/mol. The molecule has 0 aliphatic heterocycles. The van der Waals surface area contributed by atoms with Crippen molar-refractivity contribution in [1.82, 2.24) is 4.98 Å². The number of aromatic nitrogens is 1. The first-order valence-electron chi connectivity index (χ1n) is 9.35. The lowest BCUT2D eigenvalue weighted by atomic mass is 9.90. The highest BCUT2D eigenvalue weighted by molar-refractivity contribution is 7.96. The Morgan fingerprint density at radius 1 is 1.07 bits per heavy atom. The third-order valence-electron chi connectivity index (χ3n) is 4.75. The fraction of sp³-hybridized carbons (Fsp3) is 0.526. The summed E-state index contributed by atoms with van der Waals surface area (Å²) in [6.45, 7) is 3.60. The van der Waals surface area contributed by atoms with Crippen LogP contribution in [0.15, 0.2) is 38.4 Å². The predicted molar refractivity (Wildman–Crippen MR) is 112 cm³/mol. The lowest BCUT2D eigenvalue weighted by Crippen LogP contribution is -2.14. The largest absolute Gasteiger partial charge is 0.228 e. The number of rotatable bonds is 6. The van der Waals surface area contributed by atoms with Crippen LogP contribution in [-0.4, -0.2) is 27.6 Å². The van der Waals surface area contributed by atoms with Gasteiger partial charge in [0.15, 0.2) is 19.1 Å². The van der Waals surface area contributed by atoms with Crippen LogP contribution in [0.5, 0.6) is 0 Å². The lowest BCUT2D eigenvalue weighted by molar-refractivity contribution is 0.441. The molecule has 5 nitrogen and oxygen atoms in total. The van der Waals surface area contributed by atoms with E-state index in [1.54, 1.807) is 13.8 Å². The number of benzene rings is 1. The van der Waals surface area contributed by atoms with E-state index in [1.165, 1.54) is 24.3 Å². The van der Waals surface area contributed by atoms with Gasteiger partial charge >= 0.3 is 0 Å². The van der Waals surface area contributed by atoms with Crippen molar-refractivity contribution in [3.05, 3.63) is 34.3 Å². The number of hydrogen-bond acceptors (Lipinski definition) is 6. The van der Waals surface area contributed by atoms with Gasteiger partial charge in [-0.15, -0.1) is 11.3 Å². The molecule has 0 amide bonds. The Balaban J connectivity index is 2.14. The molecule has 0 atom stereocenters. The third-order valence-corrected chi connectivity index (χ3v) is 10.8. The van der Waals surface area contributed by atoms with E-state index < -0.39 is 19.7 Å². The summed E-state index contributed by atoms with van der Waals surface area (Å²) in [5, 5.41) is 0.698. The number of thiazole rings is 1. The summed E-state index contributed by atoms with van der Waals surface area (Å²) < 4.78 is 52.3. The molecule has 28 heavy (non-hydrogen) atoms. The summed E-state index contributed by atoms with van der Waals surface area (Å²) >= 11 is 6.91. The molecule has 0 N–H and O–H groups in total. The van der Waals surface area contributed by atoms with Crippen molar-refractivity contribution in [3.63, 3.8) is 0 Å². The molecular formula is C19H24ClNO4S3.